The smallest absolute Gasteiger partial charge is 0.396 e. The van der Waals surface area contributed by atoms with Crippen LogP contribution in [0, 0.1) is 5.92 Å². The van der Waals surface area contributed by atoms with E-state index in [9.17, 15) is 18.0 Å². The summed E-state index contributed by atoms with van der Waals surface area (Å²) >= 11 is 0. The molecule has 0 spiro atoms. The Kier molecular flexibility index (Phi) is 7.08. The van der Waals surface area contributed by atoms with Crippen molar-refractivity contribution in [3.8, 4) is 0 Å². The van der Waals surface area contributed by atoms with Crippen molar-refractivity contribution in [3.05, 3.63) is 35.4 Å². The molecule has 1 unspecified atom stereocenters. The van der Waals surface area contributed by atoms with Gasteiger partial charge in [-0.2, -0.15) is 13.2 Å². The zero-order valence-electron chi connectivity index (χ0n) is 14.2. The van der Waals surface area contributed by atoms with Crippen LogP contribution in [0.4, 0.5) is 18.0 Å². The average molecular weight is 346 g/mol. The van der Waals surface area contributed by atoms with Gasteiger partial charge in [0, 0.05) is 25.1 Å². The van der Waals surface area contributed by atoms with E-state index in [-0.39, 0.29) is 25.1 Å². The molecule has 1 aromatic carbocycles. The zero-order chi connectivity index (χ0) is 18.4. The number of aliphatic hydroxyl groups excluding tert-OH is 1. The van der Waals surface area contributed by atoms with E-state index in [2.05, 4.69) is 10.6 Å². The number of aliphatic hydroxyl groups is 1. The highest BCUT2D eigenvalue weighted by molar-refractivity contribution is 5.73. The first-order valence-electron chi connectivity index (χ1n) is 7.86. The number of rotatable bonds is 7. The number of carbonyl (C=O) groups excluding carboxylic acids is 1. The zero-order valence-corrected chi connectivity index (χ0v) is 14.2. The second-order valence-corrected chi connectivity index (χ2v) is 6.64. The first-order valence-corrected chi connectivity index (χ1v) is 7.86. The first-order chi connectivity index (χ1) is 11.1. The van der Waals surface area contributed by atoms with Crippen molar-refractivity contribution in [1.82, 2.24) is 10.6 Å². The lowest BCUT2D eigenvalue weighted by atomic mass is 9.84. The van der Waals surface area contributed by atoms with Crippen molar-refractivity contribution in [1.29, 1.82) is 0 Å². The summed E-state index contributed by atoms with van der Waals surface area (Å²) in [5.41, 5.74) is -0.836. The molecule has 1 atom stereocenters. The van der Waals surface area contributed by atoms with Crippen LogP contribution in [0.3, 0.4) is 0 Å². The Morgan fingerprint density at radius 1 is 1.21 bits per heavy atom. The number of nitrogens with one attached hydrogen (secondary N) is 2. The first kappa shape index (κ1) is 20.3. The van der Waals surface area contributed by atoms with Gasteiger partial charge in [-0.15, -0.1) is 0 Å². The van der Waals surface area contributed by atoms with Crippen molar-refractivity contribution < 1.29 is 23.1 Å². The summed E-state index contributed by atoms with van der Waals surface area (Å²) in [6, 6.07) is 4.76. The summed E-state index contributed by atoms with van der Waals surface area (Å²) in [6.45, 7) is 6.15. The fourth-order valence-electron chi connectivity index (χ4n) is 2.17. The number of urea groups is 1. The van der Waals surface area contributed by atoms with Crippen LogP contribution in [0.5, 0.6) is 0 Å². The fourth-order valence-corrected chi connectivity index (χ4v) is 2.17. The standard InChI is InChI=1S/C17H25F3N2O2/c1-12(7-8-23)10-21-15(24)22-11-16(2,3)13-5-4-6-14(9-13)17(18,19)20/h4-6,9,12,23H,7-8,10-11H2,1-3H3,(H2,21,22,24). The fraction of sp³-hybridized carbons (Fsp3) is 0.588. The van der Waals surface area contributed by atoms with Gasteiger partial charge in [0.25, 0.3) is 0 Å². The number of hydrogen-bond acceptors (Lipinski definition) is 2. The lowest BCUT2D eigenvalue weighted by Crippen LogP contribution is -2.43. The minimum Gasteiger partial charge on any atom is -0.396 e. The van der Waals surface area contributed by atoms with Crippen LogP contribution >= 0.6 is 0 Å². The molecule has 0 aliphatic rings. The van der Waals surface area contributed by atoms with Gasteiger partial charge in [0.05, 0.1) is 5.56 Å². The van der Waals surface area contributed by atoms with Crippen molar-refractivity contribution in [3.63, 3.8) is 0 Å². The Bertz CT molecular complexity index is 545. The average Bonchev–Trinajstić information content (AvgIpc) is 2.50. The van der Waals surface area contributed by atoms with Crippen LogP contribution in [0.25, 0.3) is 0 Å². The topological polar surface area (TPSA) is 61.4 Å². The minimum atomic E-state index is -4.39. The predicted molar refractivity (Wildman–Crippen MR) is 86.7 cm³/mol. The highest BCUT2D eigenvalue weighted by Gasteiger charge is 2.32. The molecule has 24 heavy (non-hydrogen) atoms. The summed E-state index contributed by atoms with van der Waals surface area (Å²) < 4.78 is 38.4. The molecule has 0 saturated heterocycles. The summed E-state index contributed by atoms with van der Waals surface area (Å²) in [5, 5.41) is 14.2. The Morgan fingerprint density at radius 3 is 2.42 bits per heavy atom. The monoisotopic (exact) mass is 346 g/mol. The van der Waals surface area contributed by atoms with Crippen molar-refractivity contribution in [2.24, 2.45) is 5.92 Å². The Hall–Kier alpha value is -1.76. The summed E-state index contributed by atoms with van der Waals surface area (Å²) in [6.07, 6.45) is -3.80. The maximum Gasteiger partial charge on any atom is 0.416 e. The summed E-state index contributed by atoms with van der Waals surface area (Å²) in [4.78, 5) is 11.8. The van der Waals surface area contributed by atoms with Gasteiger partial charge in [0.15, 0.2) is 0 Å². The van der Waals surface area contributed by atoms with Crippen molar-refractivity contribution >= 4 is 6.03 Å². The number of halogens is 3. The maximum absolute atomic E-state index is 12.8. The molecule has 0 bridgehead atoms. The van der Waals surface area contributed by atoms with E-state index in [0.717, 1.165) is 12.1 Å². The van der Waals surface area contributed by atoms with Crippen LogP contribution < -0.4 is 10.6 Å². The van der Waals surface area contributed by atoms with Gasteiger partial charge in [-0.1, -0.05) is 39.0 Å². The predicted octanol–water partition coefficient (Wildman–Crippen LogP) is 3.30. The number of amides is 2. The molecule has 0 aliphatic carbocycles. The highest BCUT2D eigenvalue weighted by atomic mass is 19.4. The van der Waals surface area contributed by atoms with Crippen LogP contribution in [0.2, 0.25) is 0 Å². The van der Waals surface area contributed by atoms with Crippen LogP contribution in [-0.2, 0) is 11.6 Å². The third kappa shape index (κ3) is 6.39. The molecule has 0 radical (unpaired) electrons. The van der Waals surface area contributed by atoms with E-state index in [1.807, 2.05) is 6.92 Å². The summed E-state index contributed by atoms with van der Waals surface area (Å²) in [5.74, 6) is 0.150. The quantitative estimate of drug-likeness (QED) is 0.709. The largest absolute Gasteiger partial charge is 0.416 e. The second-order valence-electron chi connectivity index (χ2n) is 6.64. The third-order valence-electron chi connectivity index (χ3n) is 3.90. The number of carbonyl (C=O) groups is 1. The van der Waals surface area contributed by atoms with Crippen LogP contribution in [0.15, 0.2) is 24.3 Å². The molecular formula is C17H25F3N2O2. The van der Waals surface area contributed by atoms with Crippen LogP contribution in [-0.4, -0.2) is 30.8 Å². The van der Waals surface area contributed by atoms with Gasteiger partial charge in [-0.3, -0.25) is 0 Å². The van der Waals surface area contributed by atoms with Gasteiger partial charge in [0.1, 0.15) is 0 Å². The van der Waals surface area contributed by atoms with E-state index in [4.69, 9.17) is 5.11 Å². The van der Waals surface area contributed by atoms with E-state index < -0.39 is 17.2 Å². The molecular weight excluding hydrogens is 321 g/mol. The molecule has 4 nitrogen and oxygen atoms in total. The minimum absolute atomic E-state index is 0.0625. The molecule has 0 aliphatic heterocycles. The SMILES string of the molecule is CC(CCO)CNC(=O)NCC(C)(C)c1cccc(C(F)(F)F)c1. The molecule has 1 rings (SSSR count). The van der Waals surface area contributed by atoms with Gasteiger partial charge in [-0.05, 0) is 24.0 Å². The van der Waals surface area contributed by atoms with E-state index >= 15 is 0 Å². The van der Waals surface area contributed by atoms with Gasteiger partial charge >= 0.3 is 12.2 Å². The van der Waals surface area contributed by atoms with Gasteiger partial charge < -0.3 is 15.7 Å². The Balaban J connectivity index is 2.62. The number of alkyl halides is 3. The molecule has 2 amide bonds. The molecule has 1 aromatic rings. The molecule has 7 heteroatoms. The maximum atomic E-state index is 12.8. The van der Waals surface area contributed by atoms with Crippen LogP contribution in [0.1, 0.15) is 38.3 Å². The molecule has 0 saturated carbocycles. The molecule has 0 aromatic heterocycles. The molecule has 0 fully saturated rings. The molecule has 136 valence electrons. The normalized spacial score (nSPS) is 13.5. The Labute approximate surface area is 140 Å². The lowest BCUT2D eigenvalue weighted by molar-refractivity contribution is -0.137. The highest BCUT2D eigenvalue weighted by Crippen LogP contribution is 2.32. The third-order valence-corrected chi connectivity index (χ3v) is 3.90. The molecule has 0 heterocycles. The second kappa shape index (κ2) is 8.37. The van der Waals surface area contributed by atoms with Crippen molar-refractivity contribution in [2.75, 3.05) is 19.7 Å². The van der Waals surface area contributed by atoms with E-state index in [1.165, 1.54) is 6.07 Å². The van der Waals surface area contributed by atoms with E-state index in [0.29, 0.717) is 18.5 Å². The number of hydrogen-bond donors (Lipinski definition) is 3. The van der Waals surface area contributed by atoms with E-state index in [1.54, 1.807) is 19.9 Å². The Morgan fingerprint density at radius 2 is 1.83 bits per heavy atom. The number of benzene rings is 1. The van der Waals surface area contributed by atoms with Gasteiger partial charge in [0.2, 0.25) is 0 Å². The van der Waals surface area contributed by atoms with Gasteiger partial charge in [-0.25, -0.2) is 4.79 Å². The van der Waals surface area contributed by atoms with Crippen molar-refractivity contribution in [2.45, 2.75) is 38.8 Å². The molecule has 3 N–H and O–H groups in total. The lowest BCUT2D eigenvalue weighted by Gasteiger charge is -2.26. The summed E-state index contributed by atoms with van der Waals surface area (Å²) in [7, 11) is 0.